The van der Waals surface area contributed by atoms with Crippen molar-refractivity contribution >= 4 is 17.2 Å². The maximum absolute atomic E-state index is 11.9. The Morgan fingerprint density at radius 3 is 3.05 bits per heavy atom. The topological polar surface area (TPSA) is 48.5 Å². The molecule has 1 N–H and O–H groups in total. The summed E-state index contributed by atoms with van der Waals surface area (Å²) in [5, 5.41) is 3.01. The van der Waals surface area contributed by atoms with Crippen molar-refractivity contribution in [1.82, 2.24) is 20.1 Å². The minimum atomic E-state index is 0.148. The molecule has 1 aliphatic heterocycles. The third-order valence-electron chi connectivity index (χ3n) is 4.20. The second kappa shape index (κ2) is 7.87. The van der Waals surface area contributed by atoms with Gasteiger partial charge in [-0.05, 0) is 34.0 Å². The highest BCUT2D eigenvalue weighted by Crippen LogP contribution is 2.13. The van der Waals surface area contributed by atoms with Crippen LogP contribution in [0.25, 0.3) is 0 Å². The van der Waals surface area contributed by atoms with Gasteiger partial charge in [-0.2, -0.15) is 0 Å². The fourth-order valence-corrected chi connectivity index (χ4v) is 3.48. The highest BCUT2D eigenvalue weighted by Gasteiger charge is 2.23. The molecule has 21 heavy (non-hydrogen) atoms. The maximum Gasteiger partial charge on any atom is 0.221 e. The molecule has 1 aromatic heterocycles. The molecule has 2 rings (SSSR count). The van der Waals surface area contributed by atoms with Crippen molar-refractivity contribution in [2.45, 2.75) is 32.2 Å². The summed E-state index contributed by atoms with van der Waals surface area (Å²) in [4.78, 5) is 22.0. The van der Waals surface area contributed by atoms with Crippen molar-refractivity contribution < 1.29 is 4.79 Å². The fourth-order valence-electron chi connectivity index (χ4n) is 2.70. The first-order valence-electron chi connectivity index (χ1n) is 7.60. The van der Waals surface area contributed by atoms with Crippen LogP contribution in [-0.4, -0.2) is 67.0 Å². The molecular formula is C15H26N4OS. The number of nitrogens with one attached hydrogen (secondary N) is 1. The van der Waals surface area contributed by atoms with E-state index in [1.807, 2.05) is 12.4 Å². The van der Waals surface area contributed by atoms with Crippen molar-refractivity contribution in [3.8, 4) is 0 Å². The number of thiazole rings is 1. The van der Waals surface area contributed by atoms with Gasteiger partial charge in [0.05, 0.1) is 11.2 Å². The smallest absolute Gasteiger partial charge is 0.221 e. The summed E-state index contributed by atoms with van der Waals surface area (Å²) in [6.07, 6.45) is 2.67. The second-order valence-corrected chi connectivity index (χ2v) is 6.84. The summed E-state index contributed by atoms with van der Waals surface area (Å²) in [5.41, 5.74) is 2.94. The molecule has 0 aliphatic carbocycles. The zero-order valence-corrected chi connectivity index (χ0v) is 14.1. The molecule has 1 unspecified atom stereocenters. The van der Waals surface area contributed by atoms with E-state index in [1.54, 1.807) is 11.3 Å². The predicted octanol–water partition coefficient (Wildman–Crippen LogP) is 1.14. The number of carbonyl (C=O) groups is 1. The lowest BCUT2D eigenvalue weighted by molar-refractivity contribution is -0.121. The van der Waals surface area contributed by atoms with Crippen LogP contribution in [0.4, 0.5) is 0 Å². The SMILES string of the molecule is Cc1ncsc1CCNC(=O)CCN(C)C1CCN(C)C1. The van der Waals surface area contributed by atoms with Crippen LogP contribution < -0.4 is 5.32 Å². The van der Waals surface area contributed by atoms with Crippen molar-refractivity contribution in [3.63, 3.8) is 0 Å². The van der Waals surface area contributed by atoms with Gasteiger partial charge in [0, 0.05) is 43.4 Å². The Morgan fingerprint density at radius 1 is 1.62 bits per heavy atom. The summed E-state index contributed by atoms with van der Waals surface area (Å²) in [6, 6.07) is 0.600. The normalized spacial score (nSPS) is 19.3. The highest BCUT2D eigenvalue weighted by atomic mass is 32.1. The van der Waals surface area contributed by atoms with Crippen LogP contribution in [0.2, 0.25) is 0 Å². The number of nitrogens with zero attached hydrogens (tertiary/aromatic N) is 3. The van der Waals surface area contributed by atoms with Crippen LogP contribution in [-0.2, 0) is 11.2 Å². The number of aryl methyl sites for hydroxylation is 1. The zero-order valence-electron chi connectivity index (χ0n) is 13.3. The number of carbonyl (C=O) groups excluding carboxylic acids is 1. The van der Waals surface area contributed by atoms with E-state index < -0.39 is 0 Å². The average Bonchev–Trinajstić information content (AvgIpc) is 3.05. The lowest BCUT2D eigenvalue weighted by atomic mass is 10.2. The maximum atomic E-state index is 11.9. The number of amides is 1. The Labute approximate surface area is 131 Å². The van der Waals surface area contributed by atoms with Crippen LogP contribution in [0.5, 0.6) is 0 Å². The number of hydrogen-bond acceptors (Lipinski definition) is 5. The van der Waals surface area contributed by atoms with Crippen LogP contribution in [0.3, 0.4) is 0 Å². The molecule has 0 radical (unpaired) electrons. The fraction of sp³-hybridized carbons (Fsp3) is 0.733. The summed E-state index contributed by atoms with van der Waals surface area (Å²) in [6.45, 7) is 5.83. The quantitative estimate of drug-likeness (QED) is 0.820. The second-order valence-electron chi connectivity index (χ2n) is 5.90. The first kappa shape index (κ1) is 16.4. The molecular weight excluding hydrogens is 284 g/mol. The molecule has 1 amide bonds. The molecule has 0 aromatic carbocycles. The van der Waals surface area contributed by atoms with E-state index in [4.69, 9.17) is 0 Å². The Bertz CT molecular complexity index is 462. The Hall–Kier alpha value is -0.980. The first-order chi connectivity index (χ1) is 10.1. The number of likely N-dealkylation sites (tertiary alicyclic amines) is 1. The van der Waals surface area contributed by atoms with Gasteiger partial charge < -0.3 is 15.1 Å². The Morgan fingerprint density at radius 2 is 2.43 bits per heavy atom. The van der Waals surface area contributed by atoms with E-state index in [0.29, 0.717) is 19.0 Å². The van der Waals surface area contributed by atoms with Gasteiger partial charge in [-0.3, -0.25) is 4.79 Å². The van der Waals surface area contributed by atoms with Gasteiger partial charge in [-0.25, -0.2) is 4.98 Å². The van der Waals surface area contributed by atoms with Gasteiger partial charge in [-0.1, -0.05) is 0 Å². The molecule has 2 heterocycles. The van der Waals surface area contributed by atoms with Gasteiger partial charge in [-0.15, -0.1) is 11.3 Å². The molecule has 118 valence electrons. The lowest BCUT2D eigenvalue weighted by Crippen LogP contribution is -2.37. The van der Waals surface area contributed by atoms with Crippen molar-refractivity contribution in [2.24, 2.45) is 0 Å². The van der Waals surface area contributed by atoms with E-state index in [0.717, 1.165) is 31.7 Å². The van der Waals surface area contributed by atoms with Crippen LogP contribution in [0, 0.1) is 6.92 Å². The van der Waals surface area contributed by atoms with Gasteiger partial charge in [0.15, 0.2) is 0 Å². The third kappa shape index (κ3) is 5.05. The average molecular weight is 310 g/mol. The summed E-state index contributed by atoms with van der Waals surface area (Å²) >= 11 is 1.66. The minimum absolute atomic E-state index is 0.148. The molecule has 0 saturated carbocycles. The van der Waals surface area contributed by atoms with E-state index >= 15 is 0 Å². The number of hydrogen-bond donors (Lipinski definition) is 1. The molecule has 1 aromatic rings. The first-order valence-corrected chi connectivity index (χ1v) is 8.48. The van der Waals surface area contributed by atoms with Crippen LogP contribution in [0.15, 0.2) is 5.51 Å². The number of aromatic nitrogens is 1. The van der Waals surface area contributed by atoms with E-state index in [2.05, 4.69) is 34.2 Å². The van der Waals surface area contributed by atoms with Crippen molar-refractivity contribution in [1.29, 1.82) is 0 Å². The van der Waals surface area contributed by atoms with E-state index in [1.165, 1.54) is 11.3 Å². The van der Waals surface area contributed by atoms with Crippen molar-refractivity contribution in [2.75, 3.05) is 40.3 Å². The number of rotatable bonds is 7. The van der Waals surface area contributed by atoms with Crippen LogP contribution in [0.1, 0.15) is 23.4 Å². The molecule has 5 nitrogen and oxygen atoms in total. The van der Waals surface area contributed by atoms with Gasteiger partial charge in [0.25, 0.3) is 0 Å². The predicted molar refractivity (Wildman–Crippen MR) is 86.7 cm³/mol. The largest absolute Gasteiger partial charge is 0.356 e. The lowest BCUT2D eigenvalue weighted by Gasteiger charge is -2.23. The minimum Gasteiger partial charge on any atom is -0.356 e. The Balaban J connectivity index is 1.60. The molecule has 0 spiro atoms. The summed E-state index contributed by atoms with van der Waals surface area (Å²) in [7, 11) is 4.28. The zero-order chi connectivity index (χ0) is 15.2. The molecule has 1 aliphatic rings. The summed E-state index contributed by atoms with van der Waals surface area (Å²) < 4.78 is 0. The van der Waals surface area contributed by atoms with Crippen molar-refractivity contribution in [3.05, 3.63) is 16.1 Å². The summed E-state index contributed by atoms with van der Waals surface area (Å²) in [5.74, 6) is 0.148. The van der Waals surface area contributed by atoms with Gasteiger partial charge >= 0.3 is 0 Å². The third-order valence-corrected chi connectivity index (χ3v) is 5.20. The Kier molecular flexibility index (Phi) is 6.14. The number of likely N-dealkylation sites (N-methyl/N-ethyl adjacent to an activating group) is 2. The van der Waals surface area contributed by atoms with E-state index in [9.17, 15) is 4.79 Å². The monoisotopic (exact) mass is 310 g/mol. The van der Waals surface area contributed by atoms with Gasteiger partial charge in [0.2, 0.25) is 5.91 Å². The molecule has 1 atom stereocenters. The molecule has 1 fully saturated rings. The van der Waals surface area contributed by atoms with Crippen LogP contribution >= 0.6 is 11.3 Å². The van der Waals surface area contributed by atoms with Gasteiger partial charge in [0.1, 0.15) is 0 Å². The molecule has 0 bridgehead atoms. The highest BCUT2D eigenvalue weighted by molar-refractivity contribution is 7.09. The van der Waals surface area contributed by atoms with E-state index in [-0.39, 0.29) is 5.91 Å². The standard InChI is InChI=1S/C15H26N4OS/c1-12-14(21-11-17-12)4-7-16-15(20)6-9-19(3)13-5-8-18(2)10-13/h11,13H,4-10H2,1-3H3,(H,16,20). The molecule has 6 heteroatoms. The molecule has 1 saturated heterocycles.